The Bertz CT molecular complexity index is 563. The number of rotatable bonds is 6. The first-order valence-corrected chi connectivity index (χ1v) is 6.68. The molecule has 1 aromatic heterocycles. The lowest BCUT2D eigenvalue weighted by Gasteiger charge is -2.17. The second kappa shape index (κ2) is 7.24. The second-order valence-electron chi connectivity index (χ2n) is 4.23. The van der Waals surface area contributed by atoms with Gasteiger partial charge < -0.3 is 15.2 Å². The molecule has 1 heterocycles. The van der Waals surface area contributed by atoms with E-state index in [2.05, 4.69) is 4.98 Å². The van der Waals surface area contributed by atoms with Gasteiger partial charge in [-0.1, -0.05) is 29.8 Å². The third-order valence-electron chi connectivity index (χ3n) is 2.88. The summed E-state index contributed by atoms with van der Waals surface area (Å²) in [5.74, 6) is 0.721. The standard InChI is InChI=1S/C15H17ClN2O2/c1-19-9-10-20-13-7-3-2-5-11(13)14(17)15-12(16)6-4-8-18-15/h2-8,14H,9-10,17H2,1H3. The van der Waals surface area contributed by atoms with Crippen LogP contribution in [0.15, 0.2) is 42.6 Å². The predicted octanol–water partition coefficient (Wildman–Crippen LogP) is 2.81. The predicted molar refractivity (Wildman–Crippen MR) is 79.1 cm³/mol. The average molecular weight is 293 g/mol. The Kier molecular flexibility index (Phi) is 5.35. The van der Waals surface area contributed by atoms with E-state index in [0.717, 1.165) is 11.3 Å². The highest BCUT2D eigenvalue weighted by Crippen LogP contribution is 2.30. The van der Waals surface area contributed by atoms with Crippen molar-refractivity contribution in [3.63, 3.8) is 0 Å². The highest BCUT2D eigenvalue weighted by Gasteiger charge is 2.17. The van der Waals surface area contributed by atoms with Gasteiger partial charge in [0, 0.05) is 18.9 Å². The van der Waals surface area contributed by atoms with Gasteiger partial charge in [-0.05, 0) is 18.2 Å². The van der Waals surface area contributed by atoms with Crippen molar-refractivity contribution < 1.29 is 9.47 Å². The third-order valence-corrected chi connectivity index (χ3v) is 3.20. The number of methoxy groups -OCH3 is 1. The van der Waals surface area contributed by atoms with Crippen molar-refractivity contribution in [2.75, 3.05) is 20.3 Å². The van der Waals surface area contributed by atoms with Crippen molar-refractivity contribution in [1.82, 2.24) is 4.98 Å². The smallest absolute Gasteiger partial charge is 0.124 e. The van der Waals surface area contributed by atoms with Crippen molar-refractivity contribution in [3.8, 4) is 5.75 Å². The molecule has 2 rings (SSSR count). The summed E-state index contributed by atoms with van der Waals surface area (Å²) in [6.45, 7) is 0.990. The highest BCUT2D eigenvalue weighted by molar-refractivity contribution is 6.31. The van der Waals surface area contributed by atoms with Crippen molar-refractivity contribution in [2.45, 2.75) is 6.04 Å². The fourth-order valence-electron chi connectivity index (χ4n) is 1.88. The molecule has 20 heavy (non-hydrogen) atoms. The van der Waals surface area contributed by atoms with E-state index in [4.69, 9.17) is 26.8 Å². The molecule has 0 amide bonds. The van der Waals surface area contributed by atoms with Crippen LogP contribution in [0.25, 0.3) is 0 Å². The molecule has 0 spiro atoms. The first kappa shape index (κ1) is 14.8. The number of hydrogen-bond acceptors (Lipinski definition) is 4. The number of nitrogens with two attached hydrogens (primary N) is 1. The Morgan fingerprint density at radius 3 is 2.75 bits per heavy atom. The molecule has 0 saturated carbocycles. The molecular formula is C15H17ClN2O2. The Morgan fingerprint density at radius 2 is 2.00 bits per heavy atom. The van der Waals surface area contributed by atoms with Gasteiger partial charge in [-0.25, -0.2) is 0 Å². The summed E-state index contributed by atoms with van der Waals surface area (Å²) in [5.41, 5.74) is 7.75. The summed E-state index contributed by atoms with van der Waals surface area (Å²) in [5, 5.41) is 0.548. The van der Waals surface area contributed by atoms with Crippen molar-refractivity contribution in [2.24, 2.45) is 5.73 Å². The first-order valence-electron chi connectivity index (χ1n) is 6.30. The van der Waals surface area contributed by atoms with E-state index in [9.17, 15) is 0 Å². The van der Waals surface area contributed by atoms with Crippen LogP contribution in [0.1, 0.15) is 17.3 Å². The number of halogens is 1. The molecule has 1 atom stereocenters. The van der Waals surface area contributed by atoms with Gasteiger partial charge in [0.15, 0.2) is 0 Å². The minimum absolute atomic E-state index is 0.428. The van der Waals surface area contributed by atoms with Crippen LogP contribution in [0.2, 0.25) is 5.02 Å². The van der Waals surface area contributed by atoms with Crippen molar-refractivity contribution >= 4 is 11.6 Å². The van der Waals surface area contributed by atoms with Crippen LogP contribution in [0.5, 0.6) is 5.75 Å². The molecule has 5 heteroatoms. The number of hydrogen-bond donors (Lipinski definition) is 1. The third kappa shape index (κ3) is 3.48. The van der Waals surface area contributed by atoms with Crippen LogP contribution in [0.3, 0.4) is 0 Å². The zero-order valence-corrected chi connectivity index (χ0v) is 12.0. The number of aromatic nitrogens is 1. The Balaban J connectivity index is 2.25. The topological polar surface area (TPSA) is 57.4 Å². The lowest BCUT2D eigenvalue weighted by molar-refractivity contribution is 0.145. The van der Waals surface area contributed by atoms with E-state index in [1.807, 2.05) is 24.3 Å². The van der Waals surface area contributed by atoms with Crippen LogP contribution in [-0.4, -0.2) is 25.3 Å². The molecule has 1 aromatic carbocycles. The maximum atomic E-state index is 6.26. The van der Waals surface area contributed by atoms with Gasteiger partial charge in [0.05, 0.1) is 23.4 Å². The normalized spacial score (nSPS) is 12.2. The Labute approximate surface area is 123 Å². The van der Waals surface area contributed by atoms with E-state index in [-0.39, 0.29) is 0 Å². The maximum Gasteiger partial charge on any atom is 0.124 e. The molecule has 106 valence electrons. The van der Waals surface area contributed by atoms with E-state index in [1.54, 1.807) is 25.4 Å². The number of pyridine rings is 1. The second-order valence-corrected chi connectivity index (χ2v) is 4.63. The number of nitrogens with zero attached hydrogens (tertiary/aromatic N) is 1. The fourth-order valence-corrected chi connectivity index (χ4v) is 2.12. The largest absolute Gasteiger partial charge is 0.491 e. The summed E-state index contributed by atoms with van der Waals surface area (Å²) in [4.78, 5) is 4.25. The molecule has 4 nitrogen and oxygen atoms in total. The summed E-state index contributed by atoms with van der Waals surface area (Å²) < 4.78 is 10.7. The molecule has 0 fully saturated rings. The summed E-state index contributed by atoms with van der Waals surface area (Å²) in [7, 11) is 1.63. The quantitative estimate of drug-likeness (QED) is 0.832. The van der Waals surface area contributed by atoms with Gasteiger partial charge in [-0.15, -0.1) is 0 Å². The van der Waals surface area contributed by atoms with Gasteiger partial charge in [-0.3, -0.25) is 4.98 Å². The van der Waals surface area contributed by atoms with Gasteiger partial charge >= 0.3 is 0 Å². The molecule has 0 saturated heterocycles. The van der Waals surface area contributed by atoms with E-state index >= 15 is 0 Å². The Morgan fingerprint density at radius 1 is 1.20 bits per heavy atom. The lowest BCUT2D eigenvalue weighted by Crippen LogP contribution is -2.16. The van der Waals surface area contributed by atoms with Gasteiger partial charge in [0.2, 0.25) is 0 Å². The number of ether oxygens (including phenoxy) is 2. The minimum Gasteiger partial charge on any atom is -0.491 e. The molecule has 1 unspecified atom stereocenters. The van der Waals surface area contributed by atoms with Crippen LogP contribution in [0, 0.1) is 0 Å². The van der Waals surface area contributed by atoms with E-state index in [1.165, 1.54) is 0 Å². The highest BCUT2D eigenvalue weighted by atomic mass is 35.5. The molecule has 2 aromatic rings. The zero-order chi connectivity index (χ0) is 14.4. The Hall–Kier alpha value is -1.62. The summed E-state index contributed by atoms with van der Waals surface area (Å²) in [6.07, 6.45) is 1.68. The molecular weight excluding hydrogens is 276 g/mol. The summed E-state index contributed by atoms with van der Waals surface area (Å²) >= 11 is 6.14. The lowest BCUT2D eigenvalue weighted by atomic mass is 10.0. The molecule has 0 aliphatic carbocycles. The van der Waals surface area contributed by atoms with Crippen molar-refractivity contribution in [1.29, 1.82) is 0 Å². The molecule has 0 bridgehead atoms. The number of benzene rings is 1. The van der Waals surface area contributed by atoms with Gasteiger partial charge in [-0.2, -0.15) is 0 Å². The van der Waals surface area contributed by atoms with Crippen molar-refractivity contribution in [3.05, 3.63) is 58.9 Å². The molecule has 0 radical (unpaired) electrons. The van der Waals surface area contributed by atoms with Crippen LogP contribution >= 0.6 is 11.6 Å². The first-order chi connectivity index (χ1) is 9.74. The van der Waals surface area contributed by atoms with E-state index < -0.39 is 6.04 Å². The minimum atomic E-state index is -0.428. The zero-order valence-electron chi connectivity index (χ0n) is 11.3. The maximum absolute atomic E-state index is 6.26. The fraction of sp³-hybridized carbons (Fsp3) is 0.267. The average Bonchev–Trinajstić information content (AvgIpc) is 2.48. The monoisotopic (exact) mass is 292 g/mol. The van der Waals surface area contributed by atoms with Gasteiger partial charge in [0.25, 0.3) is 0 Å². The van der Waals surface area contributed by atoms with Crippen LogP contribution < -0.4 is 10.5 Å². The number of para-hydroxylation sites is 1. The van der Waals surface area contributed by atoms with E-state index in [0.29, 0.717) is 23.9 Å². The molecule has 2 N–H and O–H groups in total. The van der Waals surface area contributed by atoms with Crippen LogP contribution in [0.4, 0.5) is 0 Å². The van der Waals surface area contributed by atoms with Crippen LogP contribution in [-0.2, 0) is 4.74 Å². The molecule has 0 aliphatic heterocycles. The molecule has 0 aliphatic rings. The SMILES string of the molecule is COCCOc1ccccc1C(N)c1ncccc1Cl. The summed E-state index contributed by atoms with van der Waals surface area (Å²) in [6, 6.07) is 10.7. The van der Waals surface area contributed by atoms with Gasteiger partial charge in [0.1, 0.15) is 12.4 Å².